The number of hydrogen-bond donors (Lipinski definition) is 1. The smallest absolute Gasteiger partial charge is 0.311 e. The normalized spacial score (nSPS) is 10.2. The van der Waals surface area contributed by atoms with Crippen LogP contribution in [0.3, 0.4) is 0 Å². The van der Waals surface area contributed by atoms with E-state index >= 15 is 0 Å². The van der Waals surface area contributed by atoms with E-state index in [2.05, 4.69) is 21.2 Å². The van der Waals surface area contributed by atoms with E-state index in [1.165, 1.54) is 12.1 Å². The molecule has 6 nitrogen and oxygen atoms in total. The lowest BCUT2D eigenvalue weighted by molar-refractivity contribution is -0.385. The lowest BCUT2D eigenvalue weighted by Crippen LogP contribution is -2.21. The van der Waals surface area contributed by atoms with Crippen molar-refractivity contribution in [2.45, 2.75) is 13.8 Å². The van der Waals surface area contributed by atoms with Gasteiger partial charge in [0, 0.05) is 16.2 Å². The van der Waals surface area contributed by atoms with Crippen LogP contribution in [0.25, 0.3) is 0 Å². The zero-order valence-corrected chi connectivity index (χ0v) is 14.2. The number of rotatable bonds is 5. The molecule has 0 fully saturated rings. The van der Waals surface area contributed by atoms with E-state index in [0.29, 0.717) is 5.69 Å². The lowest BCUT2D eigenvalue weighted by Gasteiger charge is -2.10. The minimum atomic E-state index is -0.529. The van der Waals surface area contributed by atoms with Crippen molar-refractivity contribution in [1.29, 1.82) is 0 Å². The van der Waals surface area contributed by atoms with Crippen LogP contribution in [-0.2, 0) is 4.79 Å². The van der Waals surface area contributed by atoms with Crippen molar-refractivity contribution in [3.63, 3.8) is 0 Å². The average Bonchev–Trinajstić information content (AvgIpc) is 2.48. The van der Waals surface area contributed by atoms with E-state index in [9.17, 15) is 14.9 Å². The SMILES string of the molecule is Cc1ccc(OCC(=O)Nc2ccc(Br)cc2C)c([N+](=O)[O-])c1. The summed E-state index contributed by atoms with van der Waals surface area (Å²) in [5, 5.41) is 13.7. The standard InChI is InChI=1S/C16H15BrN2O4/c1-10-3-6-15(14(7-10)19(21)22)23-9-16(20)18-13-5-4-12(17)8-11(13)2/h3-8H,9H2,1-2H3,(H,18,20). The molecule has 1 amide bonds. The summed E-state index contributed by atoms with van der Waals surface area (Å²) in [5.74, 6) is -0.312. The Labute approximate surface area is 141 Å². The van der Waals surface area contributed by atoms with E-state index < -0.39 is 4.92 Å². The zero-order chi connectivity index (χ0) is 17.0. The van der Waals surface area contributed by atoms with Gasteiger partial charge in [-0.2, -0.15) is 0 Å². The third-order valence-corrected chi connectivity index (χ3v) is 3.63. The number of nitrogens with zero attached hydrogens (tertiary/aromatic N) is 1. The van der Waals surface area contributed by atoms with Gasteiger partial charge >= 0.3 is 5.69 Å². The molecule has 1 N–H and O–H groups in total. The average molecular weight is 379 g/mol. The minimum Gasteiger partial charge on any atom is -0.477 e. The number of amides is 1. The van der Waals surface area contributed by atoms with Gasteiger partial charge in [-0.25, -0.2) is 0 Å². The largest absolute Gasteiger partial charge is 0.477 e. The van der Waals surface area contributed by atoms with Crippen LogP contribution in [0.5, 0.6) is 5.75 Å². The van der Waals surface area contributed by atoms with Gasteiger partial charge in [-0.1, -0.05) is 22.0 Å². The van der Waals surface area contributed by atoms with E-state index in [-0.39, 0.29) is 24.0 Å². The van der Waals surface area contributed by atoms with Gasteiger partial charge < -0.3 is 10.1 Å². The molecule has 0 aliphatic heterocycles. The second kappa shape index (κ2) is 7.23. The number of anilines is 1. The number of ether oxygens (including phenoxy) is 1. The number of benzene rings is 2. The summed E-state index contributed by atoms with van der Waals surface area (Å²) in [7, 11) is 0. The van der Waals surface area contributed by atoms with Gasteiger partial charge in [-0.3, -0.25) is 14.9 Å². The number of nitro groups is 1. The first-order chi connectivity index (χ1) is 10.9. The van der Waals surface area contributed by atoms with E-state index in [1.54, 1.807) is 19.1 Å². The monoisotopic (exact) mass is 378 g/mol. The summed E-state index contributed by atoms with van der Waals surface area (Å²) < 4.78 is 6.20. The van der Waals surface area contributed by atoms with Crippen LogP contribution in [0.1, 0.15) is 11.1 Å². The molecule has 0 atom stereocenters. The minimum absolute atomic E-state index is 0.0725. The molecule has 2 aromatic rings. The molecular weight excluding hydrogens is 364 g/mol. The van der Waals surface area contributed by atoms with Gasteiger partial charge in [0.2, 0.25) is 0 Å². The Kier molecular flexibility index (Phi) is 5.33. The third kappa shape index (κ3) is 4.53. The molecule has 0 aliphatic carbocycles. The van der Waals surface area contributed by atoms with Crippen LogP contribution in [-0.4, -0.2) is 17.4 Å². The molecule has 0 unspecified atom stereocenters. The maximum atomic E-state index is 12.0. The van der Waals surface area contributed by atoms with Crippen LogP contribution in [0.2, 0.25) is 0 Å². The summed E-state index contributed by atoms with van der Waals surface area (Å²) in [6, 6.07) is 10.1. The molecule has 2 rings (SSSR count). The highest BCUT2D eigenvalue weighted by molar-refractivity contribution is 9.10. The molecule has 0 saturated carbocycles. The Morgan fingerprint density at radius 1 is 1.26 bits per heavy atom. The van der Waals surface area contributed by atoms with Crippen molar-refractivity contribution in [3.8, 4) is 5.75 Å². The Bertz CT molecular complexity index is 762. The predicted octanol–water partition coefficient (Wildman–Crippen LogP) is 3.99. The number of hydrogen-bond acceptors (Lipinski definition) is 4. The van der Waals surface area contributed by atoms with Crippen LogP contribution in [0.15, 0.2) is 40.9 Å². The fraction of sp³-hybridized carbons (Fsp3) is 0.188. The van der Waals surface area contributed by atoms with Crippen molar-refractivity contribution in [1.82, 2.24) is 0 Å². The summed E-state index contributed by atoms with van der Waals surface area (Å²) in [4.78, 5) is 22.4. The Morgan fingerprint density at radius 2 is 2.00 bits per heavy atom. The van der Waals surface area contributed by atoms with Gasteiger partial charge in [0.25, 0.3) is 5.91 Å². The lowest BCUT2D eigenvalue weighted by atomic mass is 10.2. The summed E-state index contributed by atoms with van der Waals surface area (Å²) in [6.07, 6.45) is 0. The van der Waals surface area contributed by atoms with E-state index in [1.807, 2.05) is 19.1 Å². The Hall–Kier alpha value is -2.41. The molecule has 2 aromatic carbocycles. The maximum Gasteiger partial charge on any atom is 0.311 e. The molecule has 0 bridgehead atoms. The molecule has 0 aromatic heterocycles. The first kappa shape index (κ1) is 17.0. The number of carbonyl (C=O) groups is 1. The molecule has 7 heteroatoms. The van der Waals surface area contributed by atoms with Gasteiger partial charge in [0.15, 0.2) is 12.4 Å². The molecule has 0 spiro atoms. The van der Waals surface area contributed by atoms with Crippen molar-refractivity contribution < 1.29 is 14.5 Å². The molecule has 0 aliphatic rings. The van der Waals surface area contributed by atoms with Crippen molar-refractivity contribution in [2.75, 3.05) is 11.9 Å². The second-order valence-electron chi connectivity index (χ2n) is 5.02. The number of nitro benzene ring substituents is 1. The van der Waals surface area contributed by atoms with Crippen LogP contribution in [0.4, 0.5) is 11.4 Å². The quantitative estimate of drug-likeness (QED) is 0.629. The van der Waals surface area contributed by atoms with Crippen LogP contribution < -0.4 is 10.1 Å². The van der Waals surface area contributed by atoms with Gasteiger partial charge in [-0.15, -0.1) is 0 Å². The molecule has 23 heavy (non-hydrogen) atoms. The van der Waals surface area contributed by atoms with Gasteiger partial charge in [0.05, 0.1) is 4.92 Å². The van der Waals surface area contributed by atoms with Crippen molar-refractivity contribution in [2.24, 2.45) is 0 Å². The van der Waals surface area contributed by atoms with Crippen LogP contribution >= 0.6 is 15.9 Å². The third-order valence-electron chi connectivity index (χ3n) is 3.13. The van der Waals surface area contributed by atoms with Crippen molar-refractivity contribution in [3.05, 3.63) is 62.1 Å². The van der Waals surface area contributed by atoms with Crippen molar-refractivity contribution >= 4 is 33.2 Å². The molecule has 0 radical (unpaired) electrons. The summed E-state index contributed by atoms with van der Waals surface area (Å²) >= 11 is 3.35. The summed E-state index contributed by atoms with van der Waals surface area (Å²) in [6.45, 7) is 3.31. The Balaban J connectivity index is 2.03. The number of carbonyl (C=O) groups excluding carboxylic acids is 1. The van der Waals surface area contributed by atoms with Gasteiger partial charge in [0.1, 0.15) is 0 Å². The van der Waals surface area contributed by atoms with Crippen LogP contribution in [0, 0.1) is 24.0 Å². The van der Waals surface area contributed by atoms with E-state index in [0.717, 1.165) is 15.6 Å². The Morgan fingerprint density at radius 3 is 2.65 bits per heavy atom. The highest BCUT2D eigenvalue weighted by Gasteiger charge is 2.16. The number of nitrogens with one attached hydrogen (secondary N) is 1. The number of halogens is 1. The first-order valence-electron chi connectivity index (χ1n) is 6.80. The van der Waals surface area contributed by atoms with Gasteiger partial charge in [-0.05, 0) is 49.2 Å². The maximum absolute atomic E-state index is 12.0. The fourth-order valence-electron chi connectivity index (χ4n) is 1.99. The molecule has 0 saturated heterocycles. The first-order valence-corrected chi connectivity index (χ1v) is 7.60. The second-order valence-corrected chi connectivity index (χ2v) is 5.94. The van der Waals surface area contributed by atoms with E-state index in [4.69, 9.17) is 4.74 Å². The highest BCUT2D eigenvalue weighted by atomic mass is 79.9. The molecule has 120 valence electrons. The topological polar surface area (TPSA) is 81.5 Å². The fourth-order valence-corrected chi connectivity index (χ4v) is 2.46. The summed E-state index contributed by atoms with van der Waals surface area (Å²) in [5.41, 5.74) is 2.16. The molecular formula is C16H15BrN2O4. The predicted molar refractivity (Wildman–Crippen MR) is 90.8 cm³/mol. The highest BCUT2D eigenvalue weighted by Crippen LogP contribution is 2.27. The molecule has 0 heterocycles. The number of aryl methyl sites for hydroxylation is 2. The zero-order valence-electron chi connectivity index (χ0n) is 12.6.